The first-order chi connectivity index (χ1) is 13.4. The van der Waals surface area contributed by atoms with E-state index in [9.17, 15) is 4.79 Å². The second kappa shape index (κ2) is 12.4. The van der Waals surface area contributed by atoms with Crippen LogP contribution in [0.4, 0.5) is 0 Å². The summed E-state index contributed by atoms with van der Waals surface area (Å²) in [5.41, 5.74) is 3.65. The third kappa shape index (κ3) is 6.86. The number of nitrogens with one attached hydrogen (secondary N) is 2. The summed E-state index contributed by atoms with van der Waals surface area (Å²) in [4.78, 5) is 19.0. The predicted octanol–water partition coefficient (Wildman–Crippen LogP) is 2.87. The smallest absolute Gasteiger partial charge is 0.225 e. The van der Waals surface area contributed by atoms with Gasteiger partial charge in [-0.05, 0) is 32.6 Å². The molecule has 1 amide bonds. The van der Waals surface area contributed by atoms with Crippen LogP contribution in [0.15, 0.2) is 4.99 Å². The lowest BCUT2D eigenvalue weighted by molar-refractivity contribution is -0.135. The van der Waals surface area contributed by atoms with E-state index in [1.807, 2.05) is 30.5 Å². The Bertz CT molecular complexity index is 677. The summed E-state index contributed by atoms with van der Waals surface area (Å²) in [6.07, 6.45) is 3.79. The largest absolute Gasteiger partial charge is 0.357 e. The van der Waals surface area contributed by atoms with Crippen LogP contribution < -0.4 is 10.6 Å². The molecule has 1 aromatic heterocycles. The van der Waals surface area contributed by atoms with Crippen molar-refractivity contribution in [2.24, 2.45) is 18.0 Å². The number of aliphatic imine (C=N–C) groups is 1. The van der Waals surface area contributed by atoms with Crippen molar-refractivity contribution in [2.45, 2.75) is 72.9 Å². The summed E-state index contributed by atoms with van der Waals surface area (Å²) in [6.45, 7) is 13.4. The molecule has 0 unspecified atom stereocenters. The molecule has 0 saturated carbocycles. The Morgan fingerprint density at radius 2 is 1.86 bits per heavy atom. The molecule has 166 valence electrons. The van der Waals surface area contributed by atoms with Gasteiger partial charge in [-0.3, -0.25) is 9.48 Å². The van der Waals surface area contributed by atoms with Gasteiger partial charge in [0, 0.05) is 49.9 Å². The van der Waals surface area contributed by atoms with E-state index in [-0.39, 0.29) is 35.8 Å². The monoisotopic (exact) mass is 518 g/mol. The topological polar surface area (TPSA) is 74.6 Å². The van der Waals surface area contributed by atoms with Crippen LogP contribution in [0.5, 0.6) is 0 Å². The summed E-state index contributed by atoms with van der Waals surface area (Å²) in [5, 5.41) is 11.6. The summed E-state index contributed by atoms with van der Waals surface area (Å²) in [7, 11) is 2.01. The highest BCUT2D eigenvalue weighted by Gasteiger charge is 2.24. The van der Waals surface area contributed by atoms with Gasteiger partial charge in [0.05, 0.1) is 12.2 Å². The van der Waals surface area contributed by atoms with Crippen LogP contribution in [0.1, 0.15) is 64.4 Å². The van der Waals surface area contributed by atoms with Crippen LogP contribution >= 0.6 is 24.0 Å². The molecule has 7 nitrogen and oxygen atoms in total. The first-order valence-electron chi connectivity index (χ1n) is 10.8. The van der Waals surface area contributed by atoms with Crippen molar-refractivity contribution >= 4 is 35.8 Å². The van der Waals surface area contributed by atoms with Crippen molar-refractivity contribution in [1.29, 1.82) is 0 Å². The van der Waals surface area contributed by atoms with Crippen LogP contribution in [0, 0.1) is 5.92 Å². The first kappa shape index (κ1) is 25.7. The van der Waals surface area contributed by atoms with Crippen LogP contribution in [0.3, 0.4) is 0 Å². The Morgan fingerprint density at radius 3 is 2.38 bits per heavy atom. The normalized spacial score (nSPS) is 15.4. The Balaban J connectivity index is 0.00000420. The van der Waals surface area contributed by atoms with Gasteiger partial charge in [0.1, 0.15) is 0 Å². The second-order valence-corrected chi connectivity index (χ2v) is 7.80. The molecule has 2 N–H and O–H groups in total. The quantitative estimate of drug-likeness (QED) is 0.331. The number of aromatic nitrogens is 2. The number of piperidine rings is 1. The molecule has 1 aliphatic rings. The molecule has 0 radical (unpaired) electrons. The molecule has 1 fully saturated rings. The van der Waals surface area contributed by atoms with E-state index in [4.69, 9.17) is 4.99 Å². The van der Waals surface area contributed by atoms with Gasteiger partial charge in [-0.2, -0.15) is 5.10 Å². The maximum atomic E-state index is 12.2. The van der Waals surface area contributed by atoms with Crippen molar-refractivity contribution in [2.75, 3.05) is 19.6 Å². The minimum absolute atomic E-state index is 0. The minimum Gasteiger partial charge on any atom is -0.357 e. The molecular formula is C21H39IN6O. The van der Waals surface area contributed by atoms with E-state index < -0.39 is 0 Å². The third-order valence-corrected chi connectivity index (χ3v) is 5.41. The fraction of sp³-hybridized carbons (Fsp3) is 0.762. The molecule has 2 rings (SSSR count). The lowest BCUT2D eigenvalue weighted by atomic mass is 10.0. The Hall–Kier alpha value is -1.32. The van der Waals surface area contributed by atoms with Gasteiger partial charge in [-0.15, -0.1) is 24.0 Å². The summed E-state index contributed by atoms with van der Waals surface area (Å²) >= 11 is 0. The van der Waals surface area contributed by atoms with Crippen molar-refractivity contribution in [1.82, 2.24) is 25.3 Å². The number of carbonyl (C=O) groups excluding carboxylic acids is 1. The fourth-order valence-corrected chi connectivity index (χ4v) is 3.85. The highest BCUT2D eigenvalue weighted by atomic mass is 127. The molecule has 8 heteroatoms. The van der Waals surface area contributed by atoms with Crippen molar-refractivity contribution in [3.8, 4) is 0 Å². The zero-order valence-electron chi connectivity index (χ0n) is 18.9. The lowest BCUT2D eigenvalue weighted by Crippen LogP contribution is -2.50. The number of carbonyl (C=O) groups is 1. The molecular weight excluding hydrogens is 479 g/mol. The van der Waals surface area contributed by atoms with Gasteiger partial charge in [0.25, 0.3) is 0 Å². The lowest BCUT2D eigenvalue weighted by Gasteiger charge is -2.34. The standard InChI is InChI=1S/C21H38N6O.HI/c1-7-18-17(19(8-2)26(6)25-18)14-23-21(22-9-3)24-16-10-12-27(13-11-16)20(28)15(4)5;/h15-16H,7-14H2,1-6H3,(H2,22,23,24);1H. The zero-order valence-corrected chi connectivity index (χ0v) is 21.2. The molecule has 29 heavy (non-hydrogen) atoms. The molecule has 0 spiro atoms. The van der Waals surface area contributed by atoms with Gasteiger partial charge in [-0.25, -0.2) is 4.99 Å². The van der Waals surface area contributed by atoms with Gasteiger partial charge in [0.15, 0.2) is 5.96 Å². The van der Waals surface area contributed by atoms with E-state index in [0.717, 1.165) is 57.0 Å². The summed E-state index contributed by atoms with van der Waals surface area (Å²) < 4.78 is 1.99. The van der Waals surface area contributed by atoms with Crippen molar-refractivity contribution < 1.29 is 4.79 Å². The van der Waals surface area contributed by atoms with Crippen LogP contribution in [0.25, 0.3) is 0 Å². The minimum atomic E-state index is 0. The van der Waals surface area contributed by atoms with Crippen molar-refractivity contribution in [3.05, 3.63) is 17.0 Å². The zero-order chi connectivity index (χ0) is 20.7. The molecule has 0 aromatic carbocycles. The molecule has 1 aromatic rings. The van der Waals surface area contributed by atoms with Crippen LogP contribution in [0.2, 0.25) is 0 Å². The molecule has 0 atom stereocenters. The molecule has 1 saturated heterocycles. The Kier molecular flexibility index (Phi) is 11.0. The fourth-order valence-electron chi connectivity index (χ4n) is 3.85. The number of amides is 1. The van der Waals surface area contributed by atoms with E-state index in [0.29, 0.717) is 12.6 Å². The molecule has 1 aliphatic heterocycles. The van der Waals surface area contributed by atoms with Crippen LogP contribution in [-0.4, -0.2) is 52.2 Å². The van der Waals surface area contributed by atoms with Gasteiger partial charge < -0.3 is 15.5 Å². The average molecular weight is 518 g/mol. The number of hydrogen-bond donors (Lipinski definition) is 2. The summed E-state index contributed by atoms with van der Waals surface area (Å²) in [6, 6.07) is 0.346. The number of rotatable bonds is 7. The van der Waals surface area contributed by atoms with E-state index in [1.54, 1.807) is 0 Å². The summed E-state index contributed by atoms with van der Waals surface area (Å²) in [5.74, 6) is 1.18. The highest BCUT2D eigenvalue weighted by molar-refractivity contribution is 14.0. The maximum absolute atomic E-state index is 12.2. The Morgan fingerprint density at radius 1 is 1.21 bits per heavy atom. The number of likely N-dealkylation sites (tertiary alicyclic amines) is 1. The highest BCUT2D eigenvalue weighted by Crippen LogP contribution is 2.17. The SMILES string of the molecule is CCNC(=NCc1c(CC)nn(C)c1CC)NC1CCN(C(=O)C(C)C)CC1.I. The third-order valence-electron chi connectivity index (χ3n) is 5.41. The Labute approximate surface area is 193 Å². The van der Waals surface area contributed by atoms with E-state index in [2.05, 4.69) is 36.5 Å². The van der Waals surface area contributed by atoms with E-state index >= 15 is 0 Å². The predicted molar refractivity (Wildman–Crippen MR) is 130 cm³/mol. The molecule has 2 heterocycles. The number of halogens is 1. The maximum Gasteiger partial charge on any atom is 0.225 e. The second-order valence-electron chi connectivity index (χ2n) is 7.80. The number of nitrogens with zero attached hydrogens (tertiary/aromatic N) is 4. The average Bonchev–Trinajstić information content (AvgIpc) is 3.00. The van der Waals surface area contributed by atoms with Gasteiger partial charge >= 0.3 is 0 Å². The number of hydrogen-bond acceptors (Lipinski definition) is 3. The number of aryl methyl sites for hydroxylation is 2. The van der Waals surface area contributed by atoms with E-state index in [1.165, 1.54) is 11.3 Å². The van der Waals surface area contributed by atoms with Crippen molar-refractivity contribution in [3.63, 3.8) is 0 Å². The first-order valence-corrected chi connectivity index (χ1v) is 10.8. The number of guanidine groups is 1. The molecule has 0 aliphatic carbocycles. The van der Waals surface area contributed by atoms with Crippen LogP contribution in [-0.2, 0) is 31.2 Å². The van der Waals surface area contributed by atoms with Gasteiger partial charge in [-0.1, -0.05) is 27.7 Å². The molecule has 0 bridgehead atoms. The van der Waals surface area contributed by atoms with Gasteiger partial charge in [0.2, 0.25) is 5.91 Å².